The van der Waals surface area contributed by atoms with Crippen molar-refractivity contribution < 1.29 is 18.3 Å². The van der Waals surface area contributed by atoms with E-state index in [9.17, 15) is 13.6 Å². The van der Waals surface area contributed by atoms with Gasteiger partial charge in [-0.05, 0) is 54.4 Å². The highest BCUT2D eigenvalue weighted by Crippen LogP contribution is 2.26. The topological polar surface area (TPSA) is 29.5 Å². The fourth-order valence-electron chi connectivity index (χ4n) is 2.60. The third-order valence-corrected chi connectivity index (χ3v) is 4.28. The minimum atomic E-state index is -0.608. The van der Waals surface area contributed by atoms with Crippen LogP contribution in [0.1, 0.15) is 31.7 Å². The minimum absolute atomic E-state index is 0.0134. The van der Waals surface area contributed by atoms with Crippen molar-refractivity contribution in [2.24, 2.45) is 0 Å². The molecule has 0 N–H and O–H groups in total. The normalized spacial score (nSPS) is 19.5. The highest BCUT2D eigenvalue weighted by atomic mass is 79.9. The van der Waals surface area contributed by atoms with Crippen LogP contribution in [0.3, 0.4) is 0 Å². The Hall–Kier alpha value is -1.01. The number of nitrogens with zero attached hydrogens (tertiary/aromatic N) is 1. The van der Waals surface area contributed by atoms with Crippen molar-refractivity contribution in [3.63, 3.8) is 0 Å². The van der Waals surface area contributed by atoms with E-state index >= 15 is 0 Å². The number of halogens is 3. The third kappa shape index (κ3) is 3.80. The van der Waals surface area contributed by atoms with Gasteiger partial charge in [-0.15, -0.1) is 0 Å². The summed E-state index contributed by atoms with van der Waals surface area (Å²) in [4.78, 5) is 13.8. The smallest absolute Gasteiger partial charge is 0.323 e. The summed E-state index contributed by atoms with van der Waals surface area (Å²) in [5.74, 6) is -1.51. The first-order valence-corrected chi connectivity index (χ1v) is 7.87. The lowest BCUT2D eigenvalue weighted by atomic mass is 10.0. The Kier molecular flexibility index (Phi) is 5.70. The van der Waals surface area contributed by atoms with Crippen molar-refractivity contribution in [3.05, 3.63) is 33.8 Å². The van der Waals surface area contributed by atoms with E-state index in [4.69, 9.17) is 4.74 Å². The van der Waals surface area contributed by atoms with Crippen LogP contribution < -0.4 is 0 Å². The van der Waals surface area contributed by atoms with Gasteiger partial charge in [0.25, 0.3) is 0 Å². The number of carbonyl (C=O) groups excluding carboxylic acids is 1. The third-order valence-electron chi connectivity index (χ3n) is 3.67. The van der Waals surface area contributed by atoms with Crippen molar-refractivity contribution in [3.8, 4) is 0 Å². The summed E-state index contributed by atoms with van der Waals surface area (Å²) in [5.41, 5.74) is -0.0134. The fraction of sp³-hybridized carbons (Fsp3) is 0.533. The monoisotopic (exact) mass is 361 g/mol. The van der Waals surface area contributed by atoms with Crippen molar-refractivity contribution in [2.75, 3.05) is 13.2 Å². The van der Waals surface area contributed by atoms with Crippen LogP contribution in [-0.4, -0.2) is 30.1 Å². The lowest BCUT2D eigenvalue weighted by molar-refractivity contribution is -0.151. The van der Waals surface area contributed by atoms with Crippen LogP contribution in [0.5, 0.6) is 0 Å². The molecule has 2 rings (SSSR count). The number of ether oxygens (including phenoxy) is 1. The molecule has 3 nitrogen and oxygen atoms in total. The molecule has 0 amide bonds. The molecule has 1 aliphatic rings. The van der Waals surface area contributed by atoms with Crippen molar-refractivity contribution in [1.82, 2.24) is 4.90 Å². The van der Waals surface area contributed by atoms with E-state index in [1.165, 1.54) is 12.1 Å². The maximum Gasteiger partial charge on any atom is 0.323 e. The Balaban J connectivity index is 2.20. The van der Waals surface area contributed by atoms with Crippen LogP contribution in [0, 0.1) is 11.6 Å². The highest BCUT2D eigenvalue weighted by Gasteiger charge is 2.31. The van der Waals surface area contributed by atoms with Crippen LogP contribution in [0.2, 0.25) is 0 Å². The van der Waals surface area contributed by atoms with Gasteiger partial charge in [-0.25, -0.2) is 8.78 Å². The van der Waals surface area contributed by atoms with Crippen LogP contribution in [0.25, 0.3) is 0 Å². The van der Waals surface area contributed by atoms with E-state index in [1.54, 1.807) is 11.8 Å². The standard InChI is InChI=1S/C15H18BrF2NO2/c1-2-21-15(20)13-5-3-4-8-19(13)9-10-12(17)7-6-11(16)14(10)18/h6-7,13H,2-5,8-9H2,1H3. The maximum atomic E-state index is 14.1. The first-order chi connectivity index (χ1) is 10.0. The molecule has 116 valence electrons. The molecular weight excluding hydrogens is 344 g/mol. The fourth-order valence-corrected chi connectivity index (χ4v) is 2.97. The Morgan fingerprint density at radius 2 is 2.19 bits per heavy atom. The van der Waals surface area contributed by atoms with Gasteiger partial charge in [0.1, 0.15) is 17.7 Å². The predicted octanol–water partition coefficient (Wildman–Crippen LogP) is 3.64. The molecule has 0 bridgehead atoms. The highest BCUT2D eigenvalue weighted by molar-refractivity contribution is 9.10. The molecular formula is C15H18BrF2NO2. The average molecular weight is 362 g/mol. The second kappa shape index (κ2) is 7.31. The summed E-state index contributed by atoms with van der Waals surface area (Å²) in [6, 6.07) is 2.15. The quantitative estimate of drug-likeness (QED) is 0.605. The molecule has 1 aromatic carbocycles. The number of esters is 1. The summed E-state index contributed by atoms with van der Waals surface area (Å²) in [5, 5.41) is 0. The maximum absolute atomic E-state index is 14.1. The average Bonchev–Trinajstić information content (AvgIpc) is 2.48. The van der Waals surface area contributed by atoms with E-state index in [1.807, 2.05) is 0 Å². The SMILES string of the molecule is CCOC(=O)C1CCCCN1Cc1c(F)ccc(Br)c1F. The zero-order chi connectivity index (χ0) is 15.4. The van der Waals surface area contributed by atoms with E-state index < -0.39 is 17.7 Å². The van der Waals surface area contributed by atoms with E-state index in [-0.39, 0.29) is 22.6 Å². The number of benzene rings is 1. The summed E-state index contributed by atoms with van der Waals surface area (Å²) < 4.78 is 33.2. The molecule has 1 fully saturated rings. The van der Waals surface area contributed by atoms with Gasteiger partial charge < -0.3 is 4.74 Å². The molecule has 0 aromatic heterocycles. The van der Waals surface area contributed by atoms with Crippen molar-refractivity contribution in [2.45, 2.75) is 38.8 Å². The van der Waals surface area contributed by atoms with E-state index in [0.717, 1.165) is 12.8 Å². The zero-order valence-electron chi connectivity index (χ0n) is 11.9. The Bertz CT molecular complexity index is 525. The number of piperidine rings is 1. The van der Waals surface area contributed by atoms with Crippen LogP contribution in [-0.2, 0) is 16.1 Å². The van der Waals surface area contributed by atoms with Crippen molar-refractivity contribution >= 4 is 21.9 Å². The first kappa shape index (κ1) is 16.4. The van der Waals surface area contributed by atoms with E-state index in [2.05, 4.69) is 15.9 Å². The minimum Gasteiger partial charge on any atom is -0.465 e. The number of hydrogen-bond acceptors (Lipinski definition) is 3. The molecule has 0 spiro atoms. The summed E-state index contributed by atoms with van der Waals surface area (Å²) in [7, 11) is 0. The van der Waals surface area contributed by atoms with Gasteiger partial charge in [-0.2, -0.15) is 0 Å². The molecule has 1 saturated heterocycles. The van der Waals surface area contributed by atoms with Gasteiger partial charge in [-0.1, -0.05) is 6.42 Å². The lowest BCUT2D eigenvalue weighted by Crippen LogP contribution is -2.45. The molecule has 0 aliphatic carbocycles. The summed E-state index contributed by atoms with van der Waals surface area (Å²) >= 11 is 3.06. The second-order valence-electron chi connectivity index (χ2n) is 5.06. The summed E-state index contributed by atoms with van der Waals surface area (Å²) in [6.07, 6.45) is 2.49. The van der Waals surface area contributed by atoms with E-state index in [0.29, 0.717) is 19.6 Å². The van der Waals surface area contributed by atoms with Crippen LogP contribution in [0.15, 0.2) is 16.6 Å². The molecule has 0 saturated carbocycles. The molecule has 1 heterocycles. The van der Waals surface area contributed by atoms with Gasteiger partial charge in [0.2, 0.25) is 0 Å². The molecule has 1 atom stereocenters. The van der Waals surface area contributed by atoms with Gasteiger partial charge in [0, 0.05) is 12.1 Å². The molecule has 1 aliphatic heterocycles. The Labute approximate surface area is 131 Å². The molecule has 1 aromatic rings. The predicted molar refractivity (Wildman–Crippen MR) is 78.7 cm³/mol. The number of rotatable bonds is 4. The van der Waals surface area contributed by atoms with Crippen molar-refractivity contribution in [1.29, 1.82) is 0 Å². The van der Waals surface area contributed by atoms with Gasteiger partial charge in [0.05, 0.1) is 11.1 Å². The first-order valence-electron chi connectivity index (χ1n) is 7.07. The number of carbonyl (C=O) groups is 1. The molecule has 0 radical (unpaired) electrons. The van der Waals surface area contributed by atoms with Gasteiger partial charge in [0.15, 0.2) is 0 Å². The Morgan fingerprint density at radius 3 is 2.90 bits per heavy atom. The molecule has 6 heteroatoms. The van der Waals surface area contributed by atoms with Gasteiger partial charge >= 0.3 is 5.97 Å². The second-order valence-corrected chi connectivity index (χ2v) is 5.91. The molecule has 21 heavy (non-hydrogen) atoms. The lowest BCUT2D eigenvalue weighted by Gasteiger charge is -2.34. The van der Waals surface area contributed by atoms with Crippen LogP contribution >= 0.6 is 15.9 Å². The number of likely N-dealkylation sites (tertiary alicyclic amines) is 1. The Morgan fingerprint density at radius 1 is 1.43 bits per heavy atom. The van der Waals surface area contributed by atoms with Gasteiger partial charge in [-0.3, -0.25) is 9.69 Å². The molecule has 1 unspecified atom stereocenters. The number of hydrogen-bond donors (Lipinski definition) is 0. The summed E-state index contributed by atoms with van der Waals surface area (Å²) in [6.45, 7) is 2.76. The zero-order valence-corrected chi connectivity index (χ0v) is 13.5. The largest absolute Gasteiger partial charge is 0.465 e. The van der Waals surface area contributed by atoms with Crippen LogP contribution in [0.4, 0.5) is 8.78 Å².